The highest BCUT2D eigenvalue weighted by Crippen LogP contribution is 2.24. The second-order valence-corrected chi connectivity index (χ2v) is 5.24. The largest absolute Gasteiger partial charge is 0.481 e. The van der Waals surface area contributed by atoms with Crippen molar-refractivity contribution in [2.75, 3.05) is 0 Å². The van der Waals surface area contributed by atoms with Gasteiger partial charge in [0.1, 0.15) is 5.75 Å². The normalized spacial score (nSPS) is 17.7. The third-order valence-corrected chi connectivity index (χ3v) is 3.28. The van der Waals surface area contributed by atoms with E-state index < -0.39 is 12.2 Å². The number of carbonyl (C=O) groups excluding carboxylic acids is 1. The molecule has 2 rings (SSSR count). The standard InChI is InChI=1S/C15H21NO3/c1-9-8-12(10(2)17)4-7-14(9)19-11(3)15(18)16-13-5-6-13/h4,7-8,10-11,13,17H,5-6H2,1-3H3,(H,16,18). The Labute approximate surface area is 113 Å². The second-order valence-electron chi connectivity index (χ2n) is 5.24. The van der Waals surface area contributed by atoms with Crippen LogP contribution < -0.4 is 10.1 Å². The number of benzene rings is 1. The number of hydrogen-bond acceptors (Lipinski definition) is 3. The van der Waals surface area contributed by atoms with Crippen molar-refractivity contribution >= 4 is 5.91 Å². The lowest BCUT2D eigenvalue weighted by atomic mass is 10.1. The van der Waals surface area contributed by atoms with Gasteiger partial charge in [-0.05, 0) is 56.9 Å². The first-order valence-corrected chi connectivity index (χ1v) is 6.73. The molecule has 0 aromatic heterocycles. The lowest BCUT2D eigenvalue weighted by Gasteiger charge is -2.17. The van der Waals surface area contributed by atoms with E-state index in [0.717, 1.165) is 24.0 Å². The van der Waals surface area contributed by atoms with Crippen LogP contribution in [0.15, 0.2) is 18.2 Å². The predicted octanol–water partition coefficient (Wildman–Crippen LogP) is 2.09. The van der Waals surface area contributed by atoms with Gasteiger partial charge < -0.3 is 15.2 Å². The van der Waals surface area contributed by atoms with Gasteiger partial charge in [0.2, 0.25) is 0 Å². The molecular weight excluding hydrogens is 242 g/mol. The molecule has 4 nitrogen and oxygen atoms in total. The summed E-state index contributed by atoms with van der Waals surface area (Å²) in [6.45, 7) is 5.38. The summed E-state index contributed by atoms with van der Waals surface area (Å²) in [5.74, 6) is 0.615. The molecule has 0 spiro atoms. The third kappa shape index (κ3) is 3.70. The smallest absolute Gasteiger partial charge is 0.260 e. The van der Waals surface area contributed by atoms with Gasteiger partial charge >= 0.3 is 0 Å². The zero-order chi connectivity index (χ0) is 14.0. The first-order chi connectivity index (χ1) is 8.97. The Hall–Kier alpha value is -1.55. The fourth-order valence-corrected chi connectivity index (χ4v) is 1.85. The van der Waals surface area contributed by atoms with E-state index in [9.17, 15) is 9.90 Å². The topological polar surface area (TPSA) is 58.6 Å². The van der Waals surface area contributed by atoms with Crippen molar-refractivity contribution in [2.45, 2.75) is 51.9 Å². The molecule has 0 radical (unpaired) electrons. The van der Waals surface area contributed by atoms with Crippen LogP contribution >= 0.6 is 0 Å². The number of ether oxygens (including phenoxy) is 1. The first-order valence-electron chi connectivity index (χ1n) is 6.73. The fourth-order valence-electron chi connectivity index (χ4n) is 1.85. The van der Waals surface area contributed by atoms with Gasteiger partial charge in [0.25, 0.3) is 5.91 Å². The minimum atomic E-state index is -0.503. The van der Waals surface area contributed by atoms with Gasteiger partial charge in [-0.2, -0.15) is 0 Å². The van der Waals surface area contributed by atoms with E-state index in [1.165, 1.54) is 0 Å². The average Bonchev–Trinajstić information content (AvgIpc) is 3.15. The third-order valence-electron chi connectivity index (χ3n) is 3.28. The highest BCUT2D eigenvalue weighted by Gasteiger charge is 2.26. The van der Waals surface area contributed by atoms with Gasteiger partial charge in [0.15, 0.2) is 6.10 Å². The van der Waals surface area contributed by atoms with Crippen LogP contribution in [-0.2, 0) is 4.79 Å². The molecule has 1 aliphatic rings. The Bertz CT molecular complexity index is 466. The van der Waals surface area contributed by atoms with E-state index in [-0.39, 0.29) is 5.91 Å². The van der Waals surface area contributed by atoms with E-state index in [2.05, 4.69) is 5.32 Å². The Kier molecular flexibility index (Phi) is 4.10. The quantitative estimate of drug-likeness (QED) is 0.855. The highest BCUT2D eigenvalue weighted by atomic mass is 16.5. The summed E-state index contributed by atoms with van der Waals surface area (Å²) in [7, 11) is 0. The van der Waals surface area contributed by atoms with Gasteiger partial charge in [-0.15, -0.1) is 0 Å². The maximum Gasteiger partial charge on any atom is 0.260 e. The molecule has 0 saturated heterocycles. The Morgan fingerprint density at radius 2 is 2.11 bits per heavy atom. The Balaban J connectivity index is 1.99. The minimum absolute atomic E-state index is 0.0681. The number of nitrogens with one attached hydrogen (secondary N) is 1. The van der Waals surface area contributed by atoms with Crippen molar-refractivity contribution in [1.29, 1.82) is 0 Å². The van der Waals surface area contributed by atoms with Crippen LogP contribution in [0, 0.1) is 6.92 Å². The zero-order valence-electron chi connectivity index (χ0n) is 11.6. The van der Waals surface area contributed by atoms with Crippen molar-refractivity contribution in [1.82, 2.24) is 5.32 Å². The Morgan fingerprint density at radius 1 is 1.42 bits per heavy atom. The number of aryl methyl sites for hydroxylation is 1. The van der Waals surface area contributed by atoms with E-state index >= 15 is 0 Å². The van der Waals surface area contributed by atoms with Crippen LogP contribution in [-0.4, -0.2) is 23.2 Å². The summed E-state index contributed by atoms with van der Waals surface area (Å²) in [4.78, 5) is 11.8. The fraction of sp³-hybridized carbons (Fsp3) is 0.533. The molecule has 2 atom stereocenters. The van der Waals surface area contributed by atoms with E-state index in [0.29, 0.717) is 11.8 Å². The second kappa shape index (κ2) is 5.61. The molecule has 1 amide bonds. The predicted molar refractivity (Wildman–Crippen MR) is 73.1 cm³/mol. The number of amides is 1. The summed E-state index contributed by atoms with van der Waals surface area (Å²) in [6, 6.07) is 5.85. The molecule has 0 bridgehead atoms. The molecule has 1 fully saturated rings. The summed E-state index contributed by atoms with van der Waals surface area (Å²) in [5.41, 5.74) is 1.77. The van der Waals surface area contributed by atoms with E-state index in [4.69, 9.17) is 4.74 Å². The van der Waals surface area contributed by atoms with E-state index in [1.807, 2.05) is 19.1 Å². The molecule has 1 aromatic carbocycles. The Morgan fingerprint density at radius 3 is 2.63 bits per heavy atom. The molecule has 19 heavy (non-hydrogen) atoms. The first kappa shape index (κ1) is 13.9. The number of hydrogen-bond donors (Lipinski definition) is 2. The molecule has 0 aliphatic heterocycles. The van der Waals surface area contributed by atoms with Crippen LogP contribution in [0.3, 0.4) is 0 Å². The van der Waals surface area contributed by atoms with Crippen LogP contribution in [0.2, 0.25) is 0 Å². The lowest BCUT2D eigenvalue weighted by Crippen LogP contribution is -2.37. The molecule has 1 aliphatic carbocycles. The molecule has 1 aromatic rings. The molecule has 4 heteroatoms. The minimum Gasteiger partial charge on any atom is -0.481 e. The van der Waals surface area contributed by atoms with E-state index in [1.54, 1.807) is 19.9 Å². The van der Waals surface area contributed by atoms with Crippen molar-refractivity contribution in [2.24, 2.45) is 0 Å². The van der Waals surface area contributed by atoms with Crippen molar-refractivity contribution in [3.05, 3.63) is 29.3 Å². The molecule has 2 N–H and O–H groups in total. The van der Waals surface area contributed by atoms with Crippen molar-refractivity contribution in [3.8, 4) is 5.75 Å². The highest BCUT2D eigenvalue weighted by molar-refractivity contribution is 5.81. The monoisotopic (exact) mass is 263 g/mol. The SMILES string of the molecule is Cc1cc(C(C)O)ccc1OC(C)C(=O)NC1CC1. The maximum absolute atomic E-state index is 11.8. The van der Waals surface area contributed by atoms with Crippen LogP contribution in [0.5, 0.6) is 5.75 Å². The van der Waals surface area contributed by atoms with Gasteiger partial charge in [-0.25, -0.2) is 0 Å². The maximum atomic E-state index is 11.8. The lowest BCUT2D eigenvalue weighted by molar-refractivity contribution is -0.127. The number of rotatable bonds is 5. The van der Waals surface area contributed by atoms with Crippen LogP contribution in [0.1, 0.15) is 43.9 Å². The van der Waals surface area contributed by atoms with Crippen molar-refractivity contribution in [3.63, 3.8) is 0 Å². The summed E-state index contributed by atoms with van der Waals surface area (Å²) in [5, 5.41) is 12.4. The van der Waals surface area contributed by atoms with Crippen LogP contribution in [0.25, 0.3) is 0 Å². The van der Waals surface area contributed by atoms with Crippen LogP contribution in [0.4, 0.5) is 0 Å². The molecule has 0 heterocycles. The van der Waals surface area contributed by atoms with Gasteiger partial charge in [0.05, 0.1) is 6.10 Å². The summed E-state index contributed by atoms with van der Waals surface area (Å²) >= 11 is 0. The van der Waals surface area contributed by atoms with Gasteiger partial charge in [-0.3, -0.25) is 4.79 Å². The number of aliphatic hydroxyl groups is 1. The zero-order valence-corrected chi connectivity index (χ0v) is 11.6. The summed E-state index contributed by atoms with van der Waals surface area (Å²) < 4.78 is 5.68. The number of carbonyl (C=O) groups is 1. The van der Waals surface area contributed by atoms with Gasteiger partial charge in [0, 0.05) is 6.04 Å². The molecule has 104 valence electrons. The average molecular weight is 263 g/mol. The molecule has 1 saturated carbocycles. The number of aliphatic hydroxyl groups excluding tert-OH is 1. The molecule has 2 unspecified atom stereocenters. The summed E-state index contributed by atoms with van der Waals surface area (Å²) in [6.07, 6.45) is 1.14. The van der Waals surface area contributed by atoms with Crippen molar-refractivity contribution < 1.29 is 14.6 Å². The molecular formula is C15H21NO3. The van der Waals surface area contributed by atoms with Gasteiger partial charge in [-0.1, -0.05) is 6.07 Å².